The van der Waals surface area contributed by atoms with Crippen LogP contribution < -0.4 is 10.9 Å². The molecular weight excluding hydrogens is 304 g/mol. The minimum Gasteiger partial charge on any atom is -0.396 e. The van der Waals surface area contributed by atoms with E-state index in [2.05, 4.69) is 10.3 Å². The zero-order valence-electron chi connectivity index (χ0n) is 13.5. The first-order chi connectivity index (χ1) is 11.7. The molecule has 1 aliphatic rings. The first kappa shape index (κ1) is 16.5. The number of aliphatic hydroxyl groups is 1. The molecule has 0 spiro atoms. The molecule has 0 radical (unpaired) electrons. The number of amides is 1. The lowest BCUT2D eigenvalue weighted by atomic mass is 9.95. The van der Waals surface area contributed by atoms with E-state index in [-0.39, 0.29) is 23.8 Å². The molecule has 3 N–H and O–H groups in total. The maximum absolute atomic E-state index is 12.6. The molecule has 2 aromatic rings. The summed E-state index contributed by atoms with van der Waals surface area (Å²) >= 11 is 0. The molecule has 0 saturated carbocycles. The van der Waals surface area contributed by atoms with Crippen LogP contribution in [-0.4, -0.2) is 22.6 Å². The number of pyridine rings is 1. The lowest BCUT2D eigenvalue weighted by Crippen LogP contribution is -2.34. The number of hydrogen-bond acceptors (Lipinski definition) is 3. The first-order valence-corrected chi connectivity index (χ1v) is 8.41. The third-order valence-corrected chi connectivity index (χ3v) is 4.51. The molecule has 1 heterocycles. The highest BCUT2D eigenvalue weighted by Crippen LogP contribution is 2.20. The fourth-order valence-electron chi connectivity index (χ4n) is 3.22. The van der Waals surface area contributed by atoms with E-state index in [0.29, 0.717) is 6.42 Å². The van der Waals surface area contributed by atoms with Gasteiger partial charge in [0.25, 0.3) is 11.5 Å². The van der Waals surface area contributed by atoms with Crippen molar-refractivity contribution >= 4 is 5.91 Å². The minimum absolute atomic E-state index is 0.0413. The maximum Gasteiger partial charge on any atom is 0.261 e. The summed E-state index contributed by atoms with van der Waals surface area (Å²) in [5, 5.41) is 12.2. The third kappa shape index (κ3) is 3.57. The van der Waals surface area contributed by atoms with Crippen LogP contribution in [0.5, 0.6) is 0 Å². The molecule has 1 aromatic heterocycles. The number of carbonyl (C=O) groups is 1. The van der Waals surface area contributed by atoms with Gasteiger partial charge in [-0.2, -0.15) is 0 Å². The van der Waals surface area contributed by atoms with Crippen molar-refractivity contribution in [1.29, 1.82) is 0 Å². The molecule has 5 nitrogen and oxygen atoms in total. The van der Waals surface area contributed by atoms with Crippen molar-refractivity contribution in [2.24, 2.45) is 0 Å². The summed E-state index contributed by atoms with van der Waals surface area (Å²) in [5.41, 5.74) is 2.73. The van der Waals surface area contributed by atoms with Gasteiger partial charge in [0.05, 0.1) is 6.04 Å². The Kier molecular flexibility index (Phi) is 5.11. The first-order valence-electron chi connectivity index (χ1n) is 8.41. The molecule has 0 aliphatic heterocycles. The molecule has 0 saturated heterocycles. The van der Waals surface area contributed by atoms with Crippen molar-refractivity contribution in [2.45, 2.75) is 38.1 Å². The third-order valence-electron chi connectivity index (χ3n) is 4.51. The van der Waals surface area contributed by atoms with E-state index in [1.165, 1.54) is 0 Å². The van der Waals surface area contributed by atoms with Crippen LogP contribution in [0.4, 0.5) is 0 Å². The Morgan fingerprint density at radius 3 is 2.71 bits per heavy atom. The summed E-state index contributed by atoms with van der Waals surface area (Å²) in [7, 11) is 0. The van der Waals surface area contributed by atoms with Crippen LogP contribution in [0, 0.1) is 0 Å². The standard InChI is InChI=1S/C19H22N2O3/c22-11-10-17(13-6-2-1-3-7-13)21-19(24)15-12-14-8-4-5-9-16(14)20-18(15)23/h1-3,6-7,12,17,22H,4-5,8-11H2,(H,20,23)(H,21,24). The van der Waals surface area contributed by atoms with Crippen molar-refractivity contribution in [3.63, 3.8) is 0 Å². The lowest BCUT2D eigenvalue weighted by Gasteiger charge is -2.19. The van der Waals surface area contributed by atoms with Crippen LogP contribution in [0.2, 0.25) is 0 Å². The topological polar surface area (TPSA) is 82.2 Å². The predicted molar refractivity (Wildman–Crippen MR) is 92.1 cm³/mol. The highest BCUT2D eigenvalue weighted by Gasteiger charge is 2.20. The van der Waals surface area contributed by atoms with Crippen LogP contribution in [0.15, 0.2) is 41.2 Å². The average molecular weight is 326 g/mol. The van der Waals surface area contributed by atoms with E-state index >= 15 is 0 Å². The Hall–Kier alpha value is -2.40. The van der Waals surface area contributed by atoms with Crippen LogP contribution in [0.3, 0.4) is 0 Å². The molecule has 126 valence electrons. The maximum atomic E-state index is 12.6. The van der Waals surface area contributed by atoms with Gasteiger partial charge >= 0.3 is 0 Å². The van der Waals surface area contributed by atoms with Crippen molar-refractivity contribution in [3.8, 4) is 0 Å². The quantitative estimate of drug-likeness (QED) is 0.787. The Morgan fingerprint density at radius 2 is 1.96 bits per heavy atom. The normalized spacial score (nSPS) is 14.7. The fraction of sp³-hybridized carbons (Fsp3) is 0.368. The van der Waals surface area contributed by atoms with Gasteiger partial charge in [-0.1, -0.05) is 30.3 Å². The number of fused-ring (bicyclic) bond motifs is 1. The SMILES string of the molecule is O=C(NC(CCO)c1ccccc1)c1cc2c([nH]c1=O)CCCC2. The van der Waals surface area contributed by atoms with Gasteiger partial charge in [0, 0.05) is 12.3 Å². The number of hydrogen-bond donors (Lipinski definition) is 3. The number of carbonyl (C=O) groups excluding carboxylic acids is 1. The Balaban J connectivity index is 1.84. The van der Waals surface area contributed by atoms with Crippen LogP contribution in [0.25, 0.3) is 0 Å². The van der Waals surface area contributed by atoms with Gasteiger partial charge in [-0.15, -0.1) is 0 Å². The highest BCUT2D eigenvalue weighted by molar-refractivity contribution is 5.94. The minimum atomic E-state index is -0.396. The van der Waals surface area contributed by atoms with Gasteiger partial charge in [-0.25, -0.2) is 0 Å². The van der Waals surface area contributed by atoms with Gasteiger partial charge in [0.1, 0.15) is 5.56 Å². The Labute approximate surface area is 140 Å². The number of H-pyrrole nitrogens is 1. The lowest BCUT2D eigenvalue weighted by molar-refractivity contribution is 0.0928. The van der Waals surface area contributed by atoms with Crippen LogP contribution >= 0.6 is 0 Å². The van der Waals surface area contributed by atoms with Crippen LogP contribution in [-0.2, 0) is 12.8 Å². The largest absolute Gasteiger partial charge is 0.396 e. The van der Waals surface area contributed by atoms with Gasteiger partial charge < -0.3 is 15.4 Å². The summed E-state index contributed by atoms with van der Waals surface area (Å²) < 4.78 is 0. The number of rotatable bonds is 5. The molecule has 0 bridgehead atoms. The van der Waals surface area contributed by atoms with E-state index < -0.39 is 5.91 Å². The monoisotopic (exact) mass is 326 g/mol. The molecule has 0 fully saturated rings. The van der Waals surface area contributed by atoms with E-state index in [9.17, 15) is 14.7 Å². The van der Waals surface area contributed by atoms with E-state index in [1.54, 1.807) is 6.07 Å². The summed E-state index contributed by atoms with van der Waals surface area (Å²) in [6.45, 7) is -0.0413. The van der Waals surface area contributed by atoms with E-state index in [0.717, 1.165) is 42.5 Å². The van der Waals surface area contributed by atoms with Crippen molar-refractivity contribution < 1.29 is 9.90 Å². The highest BCUT2D eigenvalue weighted by atomic mass is 16.3. The second kappa shape index (κ2) is 7.45. The molecule has 24 heavy (non-hydrogen) atoms. The summed E-state index contributed by atoms with van der Waals surface area (Å²) in [4.78, 5) is 27.7. The second-order valence-electron chi connectivity index (χ2n) is 6.17. The van der Waals surface area contributed by atoms with Crippen molar-refractivity contribution in [3.05, 3.63) is 69.1 Å². The number of aryl methyl sites for hydroxylation is 2. The number of aromatic amines is 1. The summed E-state index contributed by atoms with van der Waals surface area (Å²) in [5.74, 6) is -0.396. The van der Waals surface area contributed by atoms with Gasteiger partial charge in [-0.05, 0) is 49.3 Å². The Bertz CT molecular complexity index is 768. The molecule has 1 atom stereocenters. The Morgan fingerprint density at radius 1 is 1.21 bits per heavy atom. The van der Waals surface area contributed by atoms with Crippen molar-refractivity contribution in [1.82, 2.24) is 10.3 Å². The van der Waals surface area contributed by atoms with Gasteiger partial charge in [0.2, 0.25) is 0 Å². The number of aliphatic hydroxyl groups excluding tert-OH is 1. The zero-order chi connectivity index (χ0) is 16.9. The molecule has 3 rings (SSSR count). The smallest absolute Gasteiger partial charge is 0.261 e. The van der Waals surface area contributed by atoms with Crippen molar-refractivity contribution in [2.75, 3.05) is 6.61 Å². The van der Waals surface area contributed by atoms with Gasteiger partial charge in [0.15, 0.2) is 0 Å². The molecule has 1 amide bonds. The molecule has 5 heteroatoms. The number of aromatic nitrogens is 1. The van der Waals surface area contributed by atoms with E-state index in [4.69, 9.17) is 0 Å². The second-order valence-corrected chi connectivity index (χ2v) is 6.17. The fourth-order valence-corrected chi connectivity index (χ4v) is 3.22. The molecular formula is C19H22N2O3. The summed E-state index contributed by atoms with van der Waals surface area (Å²) in [6.07, 6.45) is 4.31. The molecule has 1 unspecified atom stereocenters. The molecule has 1 aliphatic carbocycles. The predicted octanol–water partition coefficient (Wildman–Crippen LogP) is 2.11. The van der Waals surface area contributed by atoms with E-state index in [1.807, 2.05) is 30.3 Å². The zero-order valence-corrected chi connectivity index (χ0v) is 13.5. The van der Waals surface area contributed by atoms with Crippen LogP contribution in [0.1, 0.15) is 52.5 Å². The number of nitrogens with one attached hydrogen (secondary N) is 2. The molecule has 1 aromatic carbocycles. The van der Waals surface area contributed by atoms with Gasteiger partial charge in [-0.3, -0.25) is 9.59 Å². The number of benzene rings is 1. The average Bonchev–Trinajstić information content (AvgIpc) is 2.61. The summed E-state index contributed by atoms with van der Waals surface area (Å²) in [6, 6.07) is 10.9.